The van der Waals surface area contributed by atoms with Gasteiger partial charge in [0.05, 0.1) is 0 Å². The van der Waals surface area contributed by atoms with Crippen LogP contribution >= 0.6 is 0 Å². The molecule has 0 aromatic heterocycles. The SMILES string of the molecule is CC(C)[C@@H]1CC(c2ccccc2)=CC1=O. The molecule has 0 bridgehead atoms. The number of allylic oxidation sites excluding steroid dienone is 2. The predicted molar refractivity (Wildman–Crippen MR) is 62.4 cm³/mol. The third-order valence-electron chi connectivity index (χ3n) is 3.07. The molecule has 1 atom stereocenters. The van der Waals surface area contributed by atoms with Gasteiger partial charge in [0, 0.05) is 5.92 Å². The molecule has 0 saturated carbocycles. The molecule has 0 aliphatic heterocycles. The fourth-order valence-corrected chi connectivity index (χ4v) is 2.09. The van der Waals surface area contributed by atoms with Crippen LogP contribution < -0.4 is 0 Å². The summed E-state index contributed by atoms with van der Waals surface area (Å²) >= 11 is 0. The van der Waals surface area contributed by atoms with Crippen molar-refractivity contribution in [1.29, 1.82) is 0 Å². The van der Waals surface area contributed by atoms with Crippen LogP contribution in [-0.2, 0) is 4.79 Å². The quantitative estimate of drug-likeness (QED) is 0.715. The van der Waals surface area contributed by atoms with Gasteiger partial charge in [-0.1, -0.05) is 44.2 Å². The maximum Gasteiger partial charge on any atom is 0.159 e. The van der Waals surface area contributed by atoms with E-state index in [1.54, 1.807) is 0 Å². The van der Waals surface area contributed by atoms with Crippen LogP contribution in [0.2, 0.25) is 0 Å². The molecular weight excluding hydrogens is 184 g/mol. The monoisotopic (exact) mass is 200 g/mol. The lowest BCUT2D eigenvalue weighted by molar-refractivity contribution is -0.118. The molecule has 0 heterocycles. The Kier molecular flexibility index (Phi) is 2.72. The summed E-state index contributed by atoms with van der Waals surface area (Å²) in [4.78, 5) is 11.7. The van der Waals surface area contributed by atoms with Crippen LogP contribution in [0.1, 0.15) is 25.8 Å². The van der Waals surface area contributed by atoms with Crippen molar-refractivity contribution in [3.05, 3.63) is 42.0 Å². The Balaban J connectivity index is 2.22. The van der Waals surface area contributed by atoms with Crippen molar-refractivity contribution >= 4 is 11.4 Å². The highest BCUT2D eigenvalue weighted by atomic mass is 16.1. The zero-order valence-corrected chi connectivity index (χ0v) is 9.23. The molecule has 1 aromatic carbocycles. The zero-order chi connectivity index (χ0) is 10.8. The third-order valence-corrected chi connectivity index (χ3v) is 3.07. The second kappa shape index (κ2) is 4.01. The number of carbonyl (C=O) groups is 1. The number of benzene rings is 1. The highest BCUT2D eigenvalue weighted by molar-refractivity contribution is 6.03. The molecule has 0 amide bonds. The highest BCUT2D eigenvalue weighted by Gasteiger charge is 2.28. The molecule has 0 saturated heterocycles. The van der Waals surface area contributed by atoms with Crippen molar-refractivity contribution in [3.63, 3.8) is 0 Å². The summed E-state index contributed by atoms with van der Waals surface area (Å²) in [5.41, 5.74) is 2.38. The van der Waals surface area contributed by atoms with Gasteiger partial charge in [-0.25, -0.2) is 0 Å². The number of carbonyl (C=O) groups excluding carboxylic acids is 1. The average molecular weight is 200 g/mol. The van der Waals surface area contributed by atoms with Crippen molar-refractivity contribution in [3.8, 4) is 0 Å². The van der Waals surface area contributed by atoms with E-state index in [0.29, 0.717) is 11.7 Å². The average Bonchev–Trinajstić information content (AvgIpc) is 2.62. The first-order valence-corrected chi connectivity index (χ1v) is 5.48. The first-order valence-electron chi connectivity index (χ1n) is 5.48. The van der Waals surface area contributed by atoms with Crippen LogP contribution in [-0.4, -0.2) is 5.78 Å². The van der Waals surface area contributed by atoms with Crippen LogP contribution in [0, 0.1) is 11.8 Å². The van der Waals surface area contributed by atoms with Gasteiger partial charge in [-0.2, -0.15) is 0 Å². The maximum atomic E-state index is 11.7. The molecule has 1 aliphatic carbocycles. The fraction of sp³-hybridized carbons (Fsp3) is 0.357. The molecule has 0 fully saturated rings. The largest absolute Gasteiger partial charge is 0.295 e. The second-order valence-electron chi connectivity index (χ2n) is 4.49. The van der Waals surface area contributed by atoms with Gasteiger partial charge in [-0.15, -0.1) is 0 Å². The Morgan fingerprint density at radius 2 is 1.87 bits per heavy atom. The lowest BCUT2D eigenvalue weighted by Gasteiger charge is -2.12. The molecule has 78 valence electrons. The van der Waals surface area contributed by atoms with Crippen LogP contribution in [0.3, 0.4) is 0 Å². The molecule has 0 unspecified atom stereocenters. The Labute approximate surface area is 90.8 Å². The highest BCUT2D eigenvalue weighted by Crippen LogP contribution is 2.33. The molecule has 0 radical (unpaired) electrons. The van der Waals surface area contributed by atoms with Crippen LogP contribution in [0.15, 0.2) is 36.4 Å². The minimum absolute atomic E-state index is 0.195. The Bertz CT molecular complexity index is 387. The van der Waals surface area contributed by atoms with Crippen molar-refractivity contribution < 1.29 is 4.79 Å². The lowest BCUT2D eigenvalue weighted by Crippen LogP contribution is -2.13. The van der Waals surface area contributed by atoms with E-state index in [9.17, 15) is 4.79 Å². The number of hydrogen-bond donors (Lipinski definition) is 0. The predicted octanol–water partition coefficient (Wildman–Crippen LogP) is 3.32. The first-order chi connectivity index (χ1) is 7.18. The standard InChI is InChI=1S/C14H16O/c1-10(2)13-8-12(9-14(13)15)11-6-4-3-5-7-11/h3-7,9-10,13H,8H2,1-2H3/t13-/m0/s1. The van der Waals surface area contributed by atoms with Crippen LogP contribution in [0.4, 0.5) is 0 Å². The summed E-state index contributed by atoms with van der Waals surface area (Å²) in [5.74, 6) is 0.930. The van der Waals surface area contributed by atoms with Gasteiger partial charge >= 0.3 is 0 Å². The van der Waals surface area contributed by atoms with E-state index in [1.165, 1.54) is 11.1 Å². The van der Waals surface area contributed by atoms with Crippen molar-refractivity contribution in [2.45, 2.75) is 20.3 Å². The van der Waals surface area contributed by atoms with E-state index >= 15 is 0 Å². The minimum atomic E-state index is 0.195. The maximum absolute atomic E-state index is 11.7. The van der Waals surface area contributed by atoms with E-state index in [1.807, 2.05) is 24.3 Å². The van der Waals surface area contributed by atoms with E-state index in [2.05, 4.69) is 26.0 Å². The van der Waals surface area contributed by atoms with Gasteiger partial charge in [0.15, 0.2) is 5.78 Å². The smallest absolute Gasteiger partial charge is 0.159 e. The van der Waals surface area contributed by atoms with Gasteiger partial charge in [-0.05, 0) is 29.6 Å². The Morgan fingerprint density at radius 3 is 2.40 bits per heavy atom. The van der Waals surface area contributed by atoms with E-state index < -0.39 is 0 Å². The summed E-state index contributed by atoms with van der Waals surface area (Å²) in [6.45, 7) is 4.23. The first kappa shape index (κ1) is 10.2. The van der Waals surface area contributed by atoms with Crippen molar-refractivity contribution in [2.24, 2.45) is 11.8 Å². The van der Waals surface area contributed by atoms with Crippen LogP contribution in [0.25, 0.3) is 5.57 Å². The van der Waals surface area contributed by atoms with Gasteiger partial charge in [0.1, 0.15) is 0 Å². The van der Waals surface area contributed by atoms with E-state index in [0.717, 1.165) is 6.42 Å². The van der Waals surface area contributed by atoms with Crippen LogP contribution in [0.5, 0.6) is 0 Å². The molecule has 1 aliphatic rings. The number of ketones is 1. The molecule has 15 heavy (non-hydrogen) atoms. The van der Waals surface area contributed by atoms with Gasteiger partial charge < -0.3 is 0 Å². The second-order valence-corrected chi connectivity index (χ2v) is 4.49. The minimum Gasteiger partial charge on any atom is -0.295 e. The molecule has 1 heteroatoms. The molecule has 2 rings (SSSR count). The zero-order valence-electron chi connectivity index (χ0n) is 9.23. The molecule has 1 nitrogen and oxygen atoms in total. The molecule has 0 N–H and O–H groups in total. The molecule has 1 aromatic rings. The summed E-state index contributed by atoms with van der Waals surface area (Å²) in [6.07, 6.45) is 2.72. The Morgan fingerprint density at radius 1 is 1.20 bits per heavy atom. The van der Waals surface area contributed by atoms with Gasteiger partial charge in [0.25, 0.3) is 0 Å². The fourth-order valence-electron chi connectivity index (χ4n) is 2.09. The molecular formula is C14H16O. The van der Waals surface area contributed by atoms with E-state index in [4.69, 9.17) is 0 Å². The summed E-state index contributed by atoms with van der Waals surface area (Å²) < 4.78 is 0. The van der Waals surface area contributed by atoms with E-state index in [-0.39, 0.29) is 5.92 Å². The topological polar surface area (TPSA) is 17.1 Å². The Hall–Kier alpha value is -1.37. The number of rotatable bonds is 2. The summed E-state index contributed by atoms with van der Waals surface area (Å²) in [6, 6.07) is 10.2. The lowest BCUT2D eigenvalue weighted by atomic mass is 9.91. The van der Waals surface area contributed by atoms with Gasteiger partial charge in [-0.3, -0.25) is 4.79 Å². The summed E-state index contributed by atoms with van der Waals surface area (Å²) in [5, 5.41) is 0. The van der Waals surface area contributed by atoms with Gasteiger partial charge in [0.2, 0.25) is 0 Å². The van der Waals surface area contributed by atoms with Crippen molar-refractivity contribution in [1.82, 2.24) is 0 Å². The normalized spacial score (nSPS) is 20.9. The number of hydrogen-bond acceptors (Lipinski definition) is 1. The summed E-state index contributed by atoms with van der Waals surface area (Å²) in [7, 11) is 0. The van der Waals surface area contributed by atoms with Crippen molar-refractivity contribution in [2.75, 3.05) is 0 Å². The third kappa shape index (κ3) is 2.01. The molecule has 0 spiro atoms.